The van der Waals surface area contributed by atoms with Gasteiger partial charge in [0.05, 0.1) is 35.3 Å². The molecule has 4 aromatic carbocycles. The number of para-hydroxylation sites is 2. The number of halogens is 4. The first kappa shape index (κ1) is 48.8. The quantitative estimate of drug-likeness (QED) is 0.0523. The number of rotatable bonds is 12. The molecular formula is C50H46F4N10O5S2. The lowest BCUT2D eigenvalue weighted by atomic mass is 9.97. The highest BCUT2D eigenvalue weighted by Gasteiger charge is 2.36. The summed E-state index contributed by atoms with van der Waals surface area (Å²) in [5.41, 5.74) is 4.37. The van der Waals surface area contributed by atoms with Crippen LogP contribution in [0.1, 0.15) is 68.7 Å². The van der Waals surface area contributed by atoms with Crippen LogP contribution >= 0.6 is 11.8 Å². The van der Waals surface area contributed by atoms with Crippen molar-refractivity contribution in [1.29, 1.82) is 0 Å². The standard InChI is InChI=1S/C25H23F2N5O3S.C25H23F2N5O2S/c1-13-6-9-15(23(33)28-11-14-7-8-14)10-16(13)20-17-12-29-25(34)32(21-18(26)4-3-5-19(21)27)22(17)31-24(30-20)36(2)35;1-13-6-9-15(23(33)28-11-14-7-8-14)10-16(13)20-17-12-29-25(34)32(22(17)31-24(30-20)35-2)21-18(26)4-3-5-19(21)27/h3-6,9-10,14H,7-8,11-12H2,1-2H3,(H,28,33)(H,29,34);3-6,9-10,14H,7-8,11-12H2,1-2H3,(H,28,33)(H,29,34). The lowest BCUT2D eigenvalue weighted by Crippen LogP contribution is -2.43. The maximum atomic E-state index is 14.7. The van der Waals surface area contributed by atoms with Gasteiger partial charge in [0.15, 0.2) is 16.8 Å². The Bertz CT molecular complexity index is 3150. The third-order valence-electron chi connectivity index (χ3n) is 12.4. The average molecular weight is 1010 g/mol. The van der Waals surface area contributed by atoms with Crippen molar-refractivity contribution in [3.63, 3.8) is 0 Å². The minimum absolute atomic E-state index is 0.0236. The van der Waals surface area contributed by atoms with E-state index < -0.39 is 57.5 Å². The van der Waals surface area contributed by atoms with Crippen LogP contribution in [0.15, 0.2) is 83.1 Å². The van der Waals surface area contributed by atoms with Crippen molar-refractivity contribution < 1.29 is 40.9 Å². The molecule has 6 aromatic rings. The molecule has 10 rings (SSSR count). The van der Waals surface area contributed by atoms with E-state index in [1.807, 2.05) is 19.9 Å². The van der Waals surface area contributed by atoms with Gasteiger partial charge in [-0.2, -0.15) is 0 Å². The molecular weight excluding hydrogens is 961 g/mol. The normalized spacial score (nSPS) is 15.4. The minimum Gasteiger partial charge on any atom is -0.352 e. The summed E-state index contributed by atoms with van der Waals surface area (Å²) in [5, 5.41) is 11.4. The van der Waals surface area contributed by atoms with Gasteiger partial charge in [-0.3, -0.25) is 13.8 Å². The Balaban J connectivity index is 0.000000176. The van der Waals surface area contributed by atoms with E-state index in [0.29, 0.717) is 74.9 Å². The number of hydrogen-bond donors (Lipinski definition) is 4. The van der Waals surface area contributed by atoms with Gasteiger partial charge in [0.2, 0.25) is 5.16 Å². The van der Waals surface area contributed by atoms with Crippen LogP contribution in [0.2, 0.25) is 0 Å². The van der Waals surface area contributed by atoms with E-state index in [0.717, 1.165) is 70.9 Å². The van der Waals surface area contributed by atoms with Crippen LogP contribution in [0.25, 0.3) is 22.5 Å². The van der Waals surface area contributed by atoms with E-state index in [4.69, 9.17) is 0 Å². The van der Waals surface area contributed by atoms with Crippen molar-refractivity contribution in [3.8, 4) is 22.5 Å². The summed E-state index contributed by atoms with van der Waals surface area (Å²) >= 11 is 1.24. The van der Waals surface area contributed by atoms with E-state index in [1.54, 1.807) is 36.6 Å². The first-order valence-electron chi connectivity index (χ1n) is 22.6. The molecule has 4 aliphatic rings. The van der Waals surface area contributed by atoms with Crippen LogP contribution < -0.4 is 31.1 Å². The lowest BCUT2D eigenvalue weighted by molar-refractivity contribution is 0.0943. The Hall–Kier alpha value is -7.26. The van der Waals surface area contributed by atoms with Crippen LogP contribution in [0.4, 0.5) is 50.2 Å². The predicted octanol–water partition coefficient (Wildman–Crippen LogP) is 8.92. The molecule has 15 nitrogen and oxygen atoms in total. The Kier molecular flexibility index (Phi) is 13.9. The third kappa shape index (κ3) is 10.2. The number of carbonyl (C=O) groups is 4. The van der Waals surface area contributed by atoms with Crippen molar-refractivity contribution >= 4 is 69.4 Å². The number of aromatic nitrogens is 4. The second-order valence-electron chi connectivity index (χ2n) is 17.5. The highest BCUT2D eigenvalue weighted by molar-refractivity contribution is 7.98. The van der Waals surface area contributed by atoms with Gasteiger partial charge in [-0.1, -0.05) is 36.0 Å². The average Bonchev–Trinajstić information content (AvgIpc) is 4.30. The molecule has 0 saturated heterocycles. The SMILES string of the molecule is CSc1nc(-c2cc(C(=O)NCC3CC3)ccc2C)c2c(n1)N(c1c(F)cccc1F)C(=O)NC2.Cc1ccc(C(=O)NCC2CC2)cc1-c1nc(S(C)=O)nc2c1CNC(=O)N2c1c(F)cccc1F. The van der Waals surface area contributed by atoms with Gasteiger partial charge < -0.3 is 21.3 Å². The zero-order valence-electron chi connectivity index (χ0n) is 38.8. The van der Waals surface area contributed by atoms with Gasteiger partial charge in [0.25, 0.3) is 11.8 Å². The van der Waals surface area contributed by atoms with Crippen molar-refractivity contribution in [1.82, 2.24) is 41.2 Å². The molecule has 21 heteroatoms. The molecule has 71 heavy (non-hydrogen) atoms. The fourth-order valence-electron chi connectivity index (χ4n) is 8.12. The molecule has 2 aliphatic carbocycles. The molecule has 1 unspecified atom stereocenters. The van der Waals surface area contributed by atoms with Gasteiger partial charge in [0.1, 0.15) is 34.6 Å². The topological polar surface area (TPSA) is 192 Å². The molecule has 0 spiro atoms. The Morgan fingerprint density at radius 1 is 0.662 bits per heavy atom. The van der Waals surface area contributed by atoms with E-state index in [1.165, 1.54) is 30.2 Å². The van der Waals surface area contributed by atoms with Crippen molar-refractivity contribution in [2.24, 2.45) is 11.8 Å². The van der Waals surface area contributed by atoms with Gasteiger partial charge >= 0.3 is 12.1 Å². The number of anilines is 4. The minimum atomic E-state index is -1.67. The van der Waals surface area contributed by atoms with Crippen LogP contribution in [0, 0.1) is 49.0 Å². The lowest BCUT2D eigenvalue weighted by Gasteiger charge is -2.30. The Labute approximate surface area is 412 Å². The smallest absolute Gasteiger partial charge is 0.328 e. The summed E-state index contributed by atoms with van der Waals surface area (Å²) in [4.78, 5) is 70.7. The van der Waals surface area contributed by atoms with E-state index >= 15 is 0 Å². The maximum Gasteiger partial charge on any atom is 0.328 e. The second-order valence-corrected chi connectivity index (χ2v) is 19.5. The number of thioether (sulfide) groups is 1. The summed E-state index contributed by atoms with van der Waals surface area (Å²) in [6.07, 6.45) is 7.63. The van der Waals surface area contributed by atoms with E-state index in [-0.39, 0.29) is 41.7 Å². The zero-order valence-corrected chi connectivity index (χ0v) is 40.4. The summed E-state index contributed by atoms with van der Waals surface area (Å²) in [7, 11) is -1.67. The number of nitrogens with one attached hydrogen (secondary N) is 4. The zero-order chi connectivity index (χ0) is 50.2. The van der Waals surface area contributed by atoms with Crippen LogP contribution in [0.3, 0.4) is 0 Å². The summed E-state index contributed by atoms with van der Waals surface area (Å²) < 4.78 is 71.3. The van der Waals surface area contributed by atoms with Crippen molar-refractivity contribution in [2.75, 3.05) is 35.4 Å². The molecule has 366 valence electrons. The number of carbonyl (C=O) groups excluding carboxylic acids is 4. The van der Waals surface area contributed by atoms with Gasteiger partial charge in [-0.15, -0.1) is 0 Å². The van der Waals surface area contributed by atoms with E-state index in [2.05, 4.69) is 41.2 Å². The number of amides is 6. The summed E-state index contributed by atoms with van der Waals surface area (Å²) in [6.45, 7) is 5.03. The number of urea groups is 2. The molecule has 2 aliphatic heterocycles. The Morgan fingerprint density at radius 3 is 1.49 bits per heavy atom. The van der Waals surface area contributed by atoms with Crippen LogP contribution in [-0.4, -0.2) is 73.6 Å². The monoisotopic (exact) mass is 1010 g/mol. The number of fused-ring (bicyclic) bond motifs is 2. The summed E-state index contributed by atoms with van der Waals surface area (Å²) in [5.74, 6) is -2.97. The first-order chi connectivity index (χ1) is 34.1. The number of nitrogens with zero attached hydrogens (tertiary/aromatic N) is 6. The van der Waals surface area contributed by atoms with E-state index in [9.17, 15) is 40.9 Å². The molecule has 0 radical (unpaired) electrons. The largest absolute Gasteiger partial charge is 0.352 e. The molecule has 2 saturated carbocycles. The van der Waals surface area contributed by atoms with Crippen molar-refractivity contribution in [2.45, 2.75) is 62.9 Å². The highest BCUT2D eigenvalue weighted by Crippen LogP contribution is 2.41. The second kappa shape index (κ2) is 20.2. The number of aryl methyl sites for hydroxylation is 2. The van der Waals surface area contributed by atoms with Crippen molar-refractivity contribution in [3.05, 3.63) is 129 Å². The van der Waals surface area contributed by atoms with Gasteiger partial charge in [0, 0.05) is 52.7 Å². The van der Waals surface area contributed by atoms with Gasteiger partial charge in [-0.25, -0.2) is 56.9 Å². The molecule has 4 N–H and O–H groups in total. The molecule has 4 heterocycles. The Morgan fingerprint density at radius 2 is 1.08 bits per heavy atom. The van der Waals surface area contributed by atoms with Crippen LogP contribution in [0.5, 0.6) is 0 Å². The molecule has 2 fully saturated rings. The fraction of sp³-hybridized carbons (Fsp3) is 0.280. The molecule has 6 amide bonds. The summed E-state index contributed by atoms with van der Waals surface area (Å²) in [6, 6.07) is 15.7. The van der Waals surface area contributed by atoms with Gasteiger partial charge in [-0.05, 0) is 117 Å². The molecule has 1 atom stereocenters. The third-order valence-corrected chi connectivity index (χ3v) is 13.6. The number of hydrogen-bond acceptors (Lipinski definition) is 10. The highest BCUT2D eigenvalue weighted by atomic mass is 32.2. The predicted molar refractivity (Wildman–Crippen MR) is 260 cm³/mol. The molecule has 0 bridgehead atoms. The fourth-order valence-corrected chi connectivity index (χ4v) is 8.92. The molecule has 2 aromatic heterocycles. The maximum absolute atomic E-state index is 14.7. The number of benzene rings is 4. The first-order valence-corrected chi connectivity index (χ1v) is 25.4. The van der Waals surface area contributed by atoms with Crippen LogP contribution in [-0.2, 0) is 23.9 Å².